The van der Waals surface area contributed by atoms with Crippen molar-refractivity contribution >= 4 is 21.1 Å². The Labute approximate surface area is 192 Å². The average molecular weight is 498 g/mol. The summed E-state index contributed by atoms with van der Waals surface area (Å²) in [6, 6.07) is 6.55. The van der Waals surface area contributed by atoms with Crippen LogP contribution in [-0.2, 0) is 10.0 Å². The lowest BCUT2D eigenvalue weighted by Crippen LogP contribution is -2.47. The maximum Gasteiger partial charge on any atom is 0.573 e. The molecule has 1 atom stereocenters. The van der Waals surface area contributed by atoms with Gasteiger partial charge >= 0.3 is 6.36 Å². The molecule has 34 heavy (non-hydrogen) atoms. The van der Waals surface area contributed by atoms with Crippen LogP contribution in [0.25, 0.3) is 16.7 Å². The zero-order chi connectivity index (χ0) is 24.7. The molecule has 1 saturated heterocycles. The van der Waals surface area contributed by atoms with E-state index >= 15 is 0 Å². The number of pyridine rings is 1. The summed E-state index contributed by atoms with van der Waals surface area (Å²) in [6.07, 6.45) is -3.21. The summed E-state index contributed by atoms with van der Waals surface area (Å²) in [4.78, 5) is 4.33. The first-order valence-corrected chi connectivity index (χ1v) is 11.7. The molecule has 1 fully saturated rings. The van der Waals surface area contributed by atoms with Gasteiger partial charge in [0.15, 0.2) is 5.65 Å². The zero-order valence-electron chi connectivity index (χ0n) is 17.8. The number of benzene rings is 1. The minimum atomic E-state index is -4.83. The molecule has 0 amide bonds. The van der Waals surface area contributed by atoms with E-state index < -0.39 is 34.8 Å². The number of allylic oxidation sites excluding steroid dienone is 1. The largest absolute Gasteiger partial charge is 0.573 e. The number of fused-ring (bicyclic) bond motifs is 1. The van der Waals surface area contributed by atoms with Gasteiger partial charge in [-0.1, -0.05) is 6.08 Å². The van der Waals surface area contributed by atoms with Crippen molar-refractivity contribution < 1.29 is 36.5 Å². The number of ether oxygens (including phenoxy) is 1. The van der Waals surface area contributed by atoms with Crippen LogP contribution in [0.5, 0.6) is 5.75 Å². The van der Waals surface area contributed by atoms with Crippen molar-refractivity contribution in [3.8, 4) is 11.4 Å². The van der Waals surface area contributed by atoms with E-state index in [9.17, 15) is 31.8 Å². The molecule has 3 aromatic rings. The molecule has 0 bridgehead atoms. The molecular formula is C21H21F3N4O5S. The first kappa shape index (κ1) is 24.1. The fourth-order valence-corrected chi connectivity index (χ4v) is 5.09. The van der Waals surface area contributed by atoms with Gasteiger partial charge in [0.05, 0.1) is 18.0 Å². The zero-order valence-corrected chi connectivity index (χ0v) is 18.7. The van der Waals surface area contributed by atoms with Crippen LogP contribution in [0, 0.1) is 0 Å². The summed E-state index contributed by atoms with van der Waals surface area (Å²) in [5.74, 6) is -0.716. The monoisotopic (exact) mass is 498 g/mol. The lowest BCUT2D eigenvalue weighted by Gasteiger charge is -2.36. The third kappa shape index (κ3) is 4.64. The highest BCUT2D eigenvalue weighted by Gasteiger charge is 2.39. The summed E-state index contributed by atoms with van der Waals surface area (Å²) in [7, 11) is -3.56. The van der Waals surface area contributed by atoms with Gasteiger partial charge in [-0.2, -0.15) is 9.40 Å². The van der Waals surface area contributed by atoms with E-state index in [2.05, 4.69) is 14.8 Å². The second-order valence-corrected chi connectivity index (χ2v) is 9.48. The molecule has 2 N–H and O–H groups in total. The summed E-state index contributed by atoms with van der Waals surface area (Å²) in [5, 5.41) is 26.0. The molecule has 0 saturated carbocycles. The van der Waals surface area contributed by atoms with Gasteiger partial charge in [-0.3, -0.25) is 0 Å². The van der Waals surface area contributed by atoms with Crippen molar-refractivity contribution in [1.82, 2.24) is 19.1 Å². The molecule has 0 aliphatic carbocycles. The van der Waals surface area contributed by atoms with E-state index in [-0.39, 0.29) is 19.0 Å². The van der Waals surface area contributed by atoms with Gasteiger partial charge < -0.3 is 14.9 Å². The standard InChI is InChI=1S/C21H21F3N4O5S/c1-2-9-34(31,32)27-10-13(11-27)19-18-16(17(30)12-29)7-8-25-20(18)28(26-19)14-3-5-15(6-4-14)33-21(22,23)24/h2-9,13,17,29-30H,10-12H2,1H3/b9-2+/t17-/m1/s1. The molecule has 1 aliphatic rings. The van der Waals surface area contributed by atoms with Gasteiger partial charge in [-0.05, 0) is 42.8 Å². The first-order chi connectivity index (χ1) is 16.0. The highest BCUT2D eigenvalue weighted by atomic mass is 32.2. The lowest BCUT2D eigenvalue weighted by molar-refractivity contribution is -0.274. The number of aliphatic hydroxyl groups is 2. The van der Waals surface area contributed by atoms with E-state index in [4.69, 9.17) is 0 Å². The number of aromatic nitrogens is 3. The molecule has 13 heteroatoms. The minimum absolute atomic E-state index is 0.153. The average Bonchev–Trinajstić information content (AvgIpc) is 3.10. The fourth-order valence-electron chi connectivity index (χ4n) is 3.80. The Hall–Kier alpha value is -3.00. The number of sulfonamides is 1. The Morgan fingerprint density at radius 2 is 1.91 bits per heavy atom. The third-order valence-electron chi connectivity index (χ3n) is 5.38. The van der Waals surface area contributed by atoms with E-state index in [0.717, 1.165) is 17.5 Å². The summed E-state index contributed by atoms with van der Waals surface area (Å²) in [6.45, 7) is 1.35. The first-order valence-electron chi connectivity index (χ1n) is 10.2. The van der Waals surface area contributed by atoms with E-state index in [1.807, 2.05) is 0 Å². The van der Waals surface area contributed by atoms with Crippen LogP contribution in [0.3, 0.4) is 0 Å². The molecule has 9 nitrogen and oxygen atoms in total. The van der Waals surface area contributed by atoms with E-state index in [1.54, 1.807) is 6.92 Å². The van der Waals surface area contributed by atoms with Crippen LogP contribution in [0.1, 0.15) is 30.2 Å². The minimum Gasteiger partial charge on any atom is -0.406 e. The lowest BCUT2D eigenvalue weighted by atomic mass is 9.94. The van der Waals surface area contributed by atoms with Gasteiger partial charge in [-0.25, -0.2) is 18.1 Å². The predicted molar refractivity (Wildman–Crippen MR) is 116 cm³/mol. The van der Waals surface area contributed by atoms with Crippen LogP contribution in [0.4, 0.5) is 13.2 Å². The molecule has 1 aliphatic heterocycles. The summed E-state index contributed by atoms with van der Waals surface area (Å²) in [5.41, 5.74) is 1.51. The van der Waals surface area contributed by atoms with Gasteiger partial charge in [-0.15, -0.1) is 13.2 Å². The molecule has 182 valence electrons. The molecule has 0 radical (unpaired) electrons. The van der Waals surface area contributed by atoms with Crippen LogP contribution in [-0.4, -0.2) is 63.8 Å². The maximum absolute atomic E-state index is 12.5. The van der Waals surface area contributed by atoms with Crippen molar-refractivity contribution in [3.05, 3.63) is 59.3 Å². The van der Waals surface area contributed by atoms with Gasteiger partial charge in [0.2, 0.25) is 10.0 Å². The maximum atomic E-state index is 12.5. The Morgan fingerprint density at radius 3 is 2.50 bits per heavy atom. The van der Waals surface area contributed by atoms with Crippen LogP contribution >= 0.6 is 0 Å². The fraction of sp³-hybridized carbons (Fsp3) is 0.333. The Morgan fingerprint density at radius 1 is 1.24 bits per heavy atom. The topological polar surface area (TPSA) is 118 Å². The van der Waals surface area contributed by atoms with Crippen molar-refractivity contribution in [1.29, 1.82) is 0 Å². The number of rotatable bonds is 7. The molecule has 0 unspecified atom stereocenters. The van der Waals surface area contributed by atoms with E-state index in [1.165, 1.54) is 39.5 Å². The van der Waals surface area contributed by atoms with Crippen molar-refractivity contribution in [2.75, 3.05) is 19.7 Å². The molecule has 4 rings (SSSR count). The Kier molecular flexibility index (Phi) is 6.38. The van der Waals surface area contributed by atoms with Gasteiger partial charge in [0.1, 0.15) is 11.9 Å². The van der Waals surface area contributed by atoms with Crippen LogP contribution < -0.4 is 4.74 Å². The highest BCUT2D eigenvalue weighted by Crippen LogP contribution is 2.37. The highest BCUT2D eigenvalue weighted by molar-refractivity contribution is 7.92. The molecule has 1 aromatic carbocycles. The predicted octanol–water partition coefficient (Wildman–Crippen LogP) is 2.61. The van der Waals surface area contributed by atoms with Crippen molar-refractivity contribution in [2.24, 2.45) is 0 Å². The Bertz CT molecular complexity index is 1320. The number of nitrogens with zero attached hydrogens (tertiary/aromatic N) is 4. The second kappa shape index (κ2) is 8.98. The number of hydrogen-bond donors (Lipinski definition) is 2. The number of aliphatic hydroxyl groups excluding tert-OH is 2. The van der Waals surface area contributed by atoms with Gasteiger partial charge in [0, 0.05) is 36.0 Å². The third-order valence-corrected chi connectivity index (χ3v) is 7.01. The van der Waals surface area contributed by atoms with Crippen molar-refractivity contribution in [2.45, 2.75) is 25.3 Å². The normalized spacial score (nSPS) is 16.8. The number of halogens is 3. The van der Waals surface area contributed by atoms with Crippen LogP contribution in [0.2, 0.25) is 0 Å². The molecule has 3 heterocycles. The SMILES string of the molecule is C/C=C/S(=O)(=O)N1CC(c2nn(-c3ccc(OC(F)(F)F)cc3)c3nccc([C@H](O)CO)c23)C1. The van der Waals surface area contributed by atoms with Crippen molar-refractivity contribution in [3.63, 3.8) is 0 Å². The summed E-state index contributed by atoms with van der Waals surface area (Å²) < 4.78 is 68.6. The second-order valence-electron chi connectivity index (χ2n) is 7.66. The van der Waals surface area contributed by atoms with Gasteiger partial charge in [0.25, 0.3) is 0 Å². The van der Waals surface area contributed by atoms with E-state index in [0.29, 0.717) is 28.0 Å². The Balaban J connectivity index is 1.76. The molecular weight excluding hydrogens is 477 g/mol. The molecule has 0 spiro atoms. The quantitative estimate of drug-likeness (QED) is 0.514. The number of alkyl halides is 3. The smallest absolute Gasteiger partial charge is 0.406 e. The summed E-state index contributed by atoms with van der Waals surface area (Å²) >= 11 is 0. The van der Waals surface area contributed by atoms with Crippen LogP contribution in [0.15, 0.2) is 48.0 Å². The number of hydrogen-bond acceptors (Lipinski definition) is 7. The molecule has 2 aromatic heterocycles.